The van der Waals surface area contributed by atoms with Gasteiger partial charge in [0, 0.05) is 6.42 Å². The molecule has 2 saturated heterocycles. The zero-order valence-electron chi connectivity index (χ0n) is 36.0. The third-order valence-electron chi connectivity index (χ3n) is 11.4. The Bertz CT molecular complexity index is 2170. The Labute approximate surface area is 376 Å². The van der Waals surface area contributed by atoms with E-state index in [-0.39, 0.29) is 33.0 Å². The van der Waals surface area contributed by atoms with E-state index >= 15 is 0 Å². The van der Waals surface area contributed by atoms with Crippen molar-refractivity contribution >= 4 is 0 Å². The van der Waals surface area contributed by atoms with Crippen molar-refractivity contribution in [2.75, 3.05) is 13.2 Å². The summed E-state index contributed by atoms with van der Waals surface area (Å²) in [6, 6.07) is 59.9. The number of hydrogen-bond donors (Lipinski definition) is 1. The van der Waals surface area contributed by atoms with E-state index in [0.717, 1.165) is 33.4 Å². The first-order valence-corrected chi connectivity index (χ1v) is 22.1. The van der Waals surface area contributed by atoms with Crippen LogP contribution in [0.1, 0.15) is 39.8 Å². The summed E-state index contributed by atoms with van der Waals surface area (Å²) in [5, 5.41) is 11.7. The largest absolute Gasteiger partial charge is 0.374 e. The highest BCUT2D eigenvalue weighted by Crippen LogP contribution is 2.33. The summed E-state index contributed by atoms with van der Waals surface area (Å²) in [5.41, 5.74) is 6.03. The van der Waals surface area contributed by atoms with Crippen LogP contribution in [0.3, 0.4) is 0 Å². The van der Waals surface area contributed by atoms with Gasteiger partial charge in [0.05, 0.1) is 59.0 Å². The number of ether oxygens (including phenoxy) is 9. The molecule has 6 aromatic rings. The molecule has 334 valence electrons. The molecule has 64 heavy (non-hydrogen) atoms. The monoisotopic (exact) mass is 866 g/mol. The fourth-order valence-electron chi connectivity index (χ4n) is 8.02. The molecule has 0 amide bonds. The molecule has 0 radical (unpaired) electrons. The minimum atomic E-state index is -1.35. The first-order chi connectivity index (χ1) is 31.6. The molecule has 8 rings (SSSR count). The number of rotatable bonds is 22. The normalized spacial score (nSPS) is 24.6. The number of benzene rings is 6. The van der Waals surface area contributed by atoms with E-state index in [0.29, 0.717) is 26.2 Å². The summed E-state index contributed by atoms with van der Waals surface area (Å²) < 4.78 is 59.5. The minimum absolute atomic E-state index is 0.0102. The van der Waals surface area contributed by atoms with E-state index < -0.39 is 55.3 Å². The van der Waals surface area contributed by atoms with Gasteiger partial charge in [-0.05, 0) is 33.4 Å². The molecule has 0 aromatic heterocycles. The van der Waals surface area contributed by atoms with Crippen molar-refractivity contribution in [3.05, 3.63) is 215 Å². The van der Waals surface area contributed by atoms with E-state index in [1.807, 2.05) is 182 Å². The first-order valence-electron chi connectivity index (χ1n) is 22.1. The van der Waals surface area contributed by atoms with E-state index in [1.54, 1.807) is 0 Å². The molecular weight excluding hydrogens is 809 g/mol. The maximum Gasteiger partial charge on any atom is 0.184 e. The van der Waals surface area contributed by atoms with Crippen LogP contribution < -0.4 is 0 Å². The third kappa shape index (κ3) is 13.5. The summed E-state index contributed by atoms with van der Waals surface area (Å²) in [7, 11) is 0. The molecule has 0 spiro atoms. The van der Waals surface area contributed by atoms with Crippen LogP contribution >= 0.6 is 0 Å². The van der Waals surface area contributed by atoms with Crippen LogP contribution in [0.4, 0.5) is 0 Å². The van der Waals surface area contributed by atoms with E-state index in [1.165, 1.54) is 0 Å². The highest BCUT2D eigenvalue weighted by atomic mass is 16.7. The Balaban J connectivity index is 1.03. The number of hydrogen-bond acceptors (Lipinski definition) is 10. The Morgan fingerprint density at radius 1 is 0.359 bits per heavy atom. The van der Waals surface area contributed by atoms with Crippen molar-refractivity contribution < 1.29 is 47.7 Å². The van der Waals surface area contributed by atoms with Gasteiger partial charge in [0.15, 0.2) is 12.6 Å². The van der Waals surface area contributed by atoms with Crippen molar-refractivity contribution in [2.45, 2.75) is 101 Å². The average molecular weight is 867 g/mol. The highest BCUT2D eigenvalue weighted by Gasteiger charge is 2.49. The molecule has 6 aromatic carbocycles. The van der Waals surface area contributed by atoms with E-state index in [4.69, 9.17) is 42.6 Å². The van der Waals surface area contributed by atoms with Crippen LogP contribution in [-0.2, 0) is 82.3 Å². The van der Waals surface area contributed by atoms with Crippen molar-refractivity contribution in [2.24, 2.45) is 0 Å². The third-order valence-corrected chi connectivity index (χ3v) is 11.4. The standard InChI is InChI=1S/C54H58O10/c55-54-53(62-37-45-29-17-6-18-30-45)52(61-36-44-27-15-5-16-28-44)51(60-35-43-25-13-4-14-26-43)48(64-54)39-58-49-31-46(57-33-41-21-9-2-10-22-41)50(59-34-42-23-11-3-12-24-42)47(63-49)38-56-32-40-19-7-1-8-20-40/h1-30,46-55H,31-39H2/t46-,47-,48-,49-,50+,51-,52+,53-,54+/m1/s1. The minimum Gasteiger partial charge on any atom is -0.374 e. The summed E-state index contributed by atoms with van der Waals surface area (Å²) in [6.45, 7) is 2.17. The van der Waals surface area contributed by atoms with Crippen LogP contribution in [0.2, 0.25) is 0 Å². The van der Waals surface area contributed by atoms with Crippen molar-refractivity contribution in [1.82, 2.24) is 0 Å². The zero-order chi connectivity index (χ0) is 43.6. The fourth-order valence-corrected chi connectivity index (χ4v) is 8.02. The molecular formula is C54H58O10. The zero-order valence-corrected chi connectivity index (χ0v) is 36.0. The lowest BCUT2D eigenvalue weighted by atomic mass is 9.97. The van der Waals surface area contributed by atoms with Gasteiger partial charge in [0.1, 0.15) is 36.6 Å². The van der Waals surface area contributed by atoms with Gasteiger partial charge in [-0.1, -0.05) is 182 Å². The van der Waals surface area contributed by atoms with Gasteiger partial charge < -0.3 is 47.7 Å². The summed E-state index contributed by atoms with van der Waals surface area (Å²) in [6.07, 6.45) is -6.28. The average Bonchev–Trinajstić information content (AvgIpc) is 3.35. The topological polar surface area (TPSA) is 103 Å². The van der Waals surface area contributed by atoms with Crippen LogP contribution in [-0.4, -0.2) is 73.6 Å². The van der Waals surface area contributed by atoms with Gasteiger partial charge in [-0.15, -0.1) is 0 Å². The predicted molar refractivity (Wildman–Crippen MR) is 241 cm³/mol. The molecule has 2 aliphatic heterocycles. The van der Waals surface area contributed by atoms with Gasteiger partial charge in [-0.3, -0.25) is 0 Å². The fraction of sp³-hybridized carbons (Fsp3) is 0.333. The van der Waals surface area contributed by atoms with Gasteiger partial charge in [0.2, 0.25) is 0 Å². The maximum absolute atomic E-state index is 11.7. The summed E-state index contributed by atoms with van der Waals surface area (Å²) in [5.74, 6) is 0. The van der Waals surface area contributed by atoms with Crippen LogP contribution in [0.15, 0.2) is 182 Å². The molecule has 0 aliphatic carbocycles. The Hall–Kier alpha value is -5.08. The molecule has 9 atom stereocenters. The molecule has 10 heteroatoms. The van der Waals surface area contributed by atoms with Crippen LogP contribution in [0.25, 0.3) is 0 Å². The molecule has 1 N–H and O–H groups in total. The second-order valence-electron chi connectivity index (χ2n) is 16.1. The Kier molecular flexibility index (Phi) is 17.3. The molecule has 0 unspecified atom stereocenters. The van der Waals surface area contributed by atoms with Gasteiger partial charge in [-0.2, -0.15) is 0 Å². The molecule has 2 fully saturated rings. The molecule has 0 bridgehead atoms. The summed E-state index contributed by atoms with van der Waals surface area (Å²) in [4.78, 5) is 0. The first kappa shape index (κ1) is 45.5. The smallest absolute Gasteiger partial charge is 0.184 e. The number of aliphatic hydroxyl groups excluding tert-OH is 1. The van der Waals surface area contributed by atoms with Crippen molar-refractivity contribution in [1.29, 1.82) is 0 Å². The summed E-state index contributed by atoms with van der Waals surface area (Å²) >= 11 is 0. The number of aliphatic hydroxyl groups is 1. The SMILES string of the molecule is O[C@H]1O[C@H](CO[C@H]2C[C@@H](OCc3ccccc3)[C@H](OCc3ccccc3)[C@@H](COCc3ccccc3)O2)[C@@H](OCc2ccccc2)[C@H](OCc2ccccc2)[C@H]1OCc1ccccc1. The van der Waals surface area contributed by atoms with Crippen molar-refractivity contribution in [3.8, 4) is 0 Å². The van der Waals surface area contributed by atoms with E-state index in [9.17, 15) is 5.11 Å². The van der Waals surface area contributed by atoms with Crippen LogP contribution in [0.5, 0.6) is 0 Å². The Morgan fingerprint density at radius 3 is 1.17 bits per heavy atom. The maximum atomic E-state index is 11.7. The van der Waals surface area contributed by atoms with Crippen LogP contribution in [0, 0.1) is 0 Å². The van der Waals surface area contributed by atoms with Gasteiger partial charge in [0.25, 0.3) is 0 Å². The predicted octanol–water partition coefficient (Wildman–Crippen LogP) is 8.98. The lowest BCUT2D eigenvalue weighted by Crippen LogP contribution is -2.61. The second kappa shape index (κ2) is 24.3. The van der Waals surface area contributed by atoms with Gasteiger partial charge >= 0.3 is 0 Å². The molecule has 0 saturated carbocycles. The second-order valence-corrected chi connectivity index (χ2v) is 16.1. The lowest BCUT2D eigenvalue weighted by molar-refractivity contribution is -0.330. The highest BCUT2D eigenvalue weighted by molar-refractivity contribution is 5.18. The van der Waals surface area contributed by atoms with Crippen molar-refractivity contribution in [3.63, 3.8) is 0 Å². The van der Waals surface area contributed by atoms with E-state index in [2.05, 4.69) is 0 Å². The molecule has 2 aliphatic rings. The molecule has 2 heterocycles. The Morgan fingerprint density at radius 2 is 0.719 bits per heavy atom. The molecule has 10 nitrogen and oxygen atoms in total. The van der Waals surface area contributed by atoms with Gasteiger partial charge in [-0.25, -0.2) is 0 Å². The lowest BCUT2D eigenvalue weighted by Gasteiger charge is -2.45. The quantitative estimate of drug-likeness (QED) is 0.0712.